The van der Waals surface area contributed by atoms with Crippen LogP contribution in [0.4, 0.5) is 23.2 Å². The zero-order valence-corrected chi connectivity index (χ0v) is 16.5. The molecule has 0 aromatic heterocycles. The van der Waals surface area contributed by atoms with Crippen molar-refractivity contribution in [3.8, 4) is 5.75 Å². The molecular weight excluding hydrogens is 422 g/mol. The second-order valence-corrected chi connectivity index (χ2v) is 7.12. The molecule has 11 heteroatoms. The fourth-order valence-corrected chi connectivity index (χ4v) is 3.32. The number of alkyl halides is 3. The number of hydrogen-bond acceptors (Lipinski definition) is 5. The van der Waals surface area contributed by atoms with E-state index in [4.69, 9.17) is 0 Å². The highest BCUT2D eigenvalue weighted by molar-refractivity contribution is 5.95. The van der Waals surface area contributed by atoms with Crippen LogP contribution in [0.2, 0.25) is 0 Å². The van der Waals surface area contributed by atoms with Crippen LogP contribution in [0.1, 0.15) is 21.5 Å². The van der Waals surface area contributed by atoms with Crippen LogP contribution in [0.15, 0.2) is 36.4 Å². The quantitative estimate of drug-likeness (QED) is 0.400. The molecule has 0 radical (unpaired) electrons. The van der Waals surface area contributed by atoms with Crippen LogP contribution >= 0.6 is 0 Å². The molecule has 0 unspecified atom stereocenters. The Morgan fingerprint density at radius 2 is 1.74 bits per heavy atom. The molecule has 1 aliphatic rings. The summed E-state index contributed by atoms with van der Waals surface area (Å²) in [4.78, 5) is 26.5. The number of benzene rings is 2. The third-order valence-electron chi connectivity index (χ3n) is 4.98. The van der Waals surface area contributed by atoms with Crippen LogP contribution in [0.3, 0.4) is 0 Å². The van der Waals surface area contributed by atoms with Gasteiger partial charge >= 0.3 is 6.36 Å². The van der Waals surface area contributed by atoms with E-state index < -0.39 is 28.7 Å². The van der Waals surface area contributed by atoms with E-state index in [9.17, 15) is 32.5 Å². The number of nitrogens with zero attached hydrogens (tertiary/aromatic N) is 3. The molecule has 3 rings (SSSR count). The maximum absolute atomic E-state index is 14.0. The van der Waals surface area contributed by atoms with Crippen LogP contribution in [-0.2, 0) is 6.54 Å². The van der Waals surface area contributed by atoms with Gasteiger partial charge in [-0.2, -0.15) is 0 Å². The largest absolute Gasteiger partial charge is 0.573 e. The second-order valence-electron chi connectivity index (χ2n) is 7.12. The van der Waals surface area contributed by atoms with Gasteiger partial charge in [-0.3, -0.25) is 19.8 Å². The lowest BCUT2D eigenvalue weighted by Gasteiger charge is -2.34. The van der Waals surface area contributed by atoms with E-state index in [-0.39, 0.29) is 16.9 Å². The van der Waals surface area contributed by atoms with Crippen molar-refractivity contribution in [3.63, 3.8) is 0 Å². The van der Waals surface area contributed by atoms with Crippen molar-refractivity contribution < 1.29 is 32.0 Å². The molecule has 1 aliphatic heterocycles. The maximum Gasteiger partial charge on any atom is 0.573 e. The average molecular weight is 441 g/mol. The van der Waals surface area contributed by atoms with E-state index in [2.05, 4.69) is 4.74 Å². The van der Waals surface area contributed by atoms with Crippen molar-refractivity contribution in [2.45, 2.75) is 19.8 Å². The lowest BCUT2D eigenvalue weighted by atomic mass is 10.1. The lowest BCUT2D eigenvalue weighted by molar-refractivity contribution is -0.385. The van der Waals surface area contributed by atoms with E-state index in [1.807, 2.05) is 4.90 Å². The summed E-state index contributed by atoms with van der Waals surface area (Å²) in [7, 11) is 0. The van der Waals surface area contributed by atoms with Crippen molar-refractivity contribution in [2.24, 2.45) is 0 Å². The molecule has 1 amide bonds. The Labute approximate surface area is 175 Å². The van der Waals surface area contributed by atoms with Crippen LogP contribution in [-0.4, -0.2) is 53.2 Å². The van der Waals surface area contributed by atoms with Gasteiger partial charge in [0, 0.05) is 44.4 Å². The second kappa shape index (κ2) is 8.88. The average Bonchev–Trinajstić information content (AvgIpc) is 2.70. The first kappa shape index (κ1) is 22.5. The molecule has 7 nitrogen and oxygen atoms in total. The zero-order chi connectivity index (χ0) is 22.8. The van der Waals surface area contributed by atoms with E-state index >= 15 is 0 Å². The monoisotopic (exact) mass is 441 g/mol. The van der Waals surface area contributed by atoms with Gasteiger partial charge in [0.1, 0.15) is 11.6 Å². The van der Waals surface area contributed by atoms with Gasteiger partial charge in [-0.05, 0) is 30.7 Å². The maximum atomic E-state index is 14.0. The Balaban J connectivity index is 1.58. The number of rotatable bonds is 5. The molecule has 0 aliphatic carbocycles. The van der Waals surface area contributed by atoms with E-state index in [1.165, 1.54) is 36.1 Å². The number of nitro benzene ring substituents is 1. The molecule has 2 aromatic rings. The molecule has 1 heterocycles. The van der Waals surface area contributed by atoms with Crippen molar-refractivity contribution in [1.29, 1.82) is 0 Å². The van der Waals surface area contributed by atoms with Crippen LogP contribution < -0.4 is 4.74 Å². The molecule has 0 N–H and O–H groups in total. The molecule has 1 fully saturated rings. The molecule has 31 heavy (non-hydrogen) atoms. The predicted octanol–water partition coefficient (Wildman–Crippen LogP) is 3.90. The molecule has 0 spiro atoms. The van der Waals surface area contributed by atoms with E-state index in [0.29, 0.717) is 32.7 Å². The molecule has 0 saturated carbocycles. The Kier molecular flexibility index (Phi) is 6.44. The number of amides is 1. The third-order valence-corrected chi connectivity index (χ3v) is 4.98. The van der Waals surface area contributed by atoms with Crippen molar-refractivity contribution in [2.75, 3.05) is 26.2 Å². The topological polar surface area (TPSA) is 75.9 Å². The first-order chi connectivity index (χ1) is 14.5. The number of hydrogen-bond donors (Lipinski definition) is 0. The molecule has 166 valence electrons. The summed E-state index contributed by atoms with van der Waals surface area (Å²) in [5, 5.41) is 11.1. The highest BCUT2D eigenvalue weighted by atomic mass is 19.4. The predicted molar refractivity (Wildman–Crippen MR) is 102 cm³/mol. The molecule has 1 saturated heterocycles. The Morgan fingerprint density at radius 3 is 2.29 bits per heavy atom. The Hall–Kier alpha value is -3.21. The van der Waals surface area contributed by atoms with Crippen LogP contribution in [0.5, 0.6) is 5.75 Å². The fraction of sp³-hybridized carbons (Fsp3) is 0.350. The highest BCUT2D eigenvalue weighted by Crippen LogP contribution is 2.25. The van der Waals surface area contributed by atoms with E-state index in [1.54, 1.807) is 0 Å². The number of piperazine rings is 1. The fourth-order valence-electron chi connectivity index (χ4n) is 3.32. The molecule has 0 atom stereocenters. The van der Waals surface area contributed by atoms with Gasteiger partial charge in [-0.25, -0.2) is 4.39 Å². The summed E-state index contributed by atoms with van der Waals surface area (Å²) in [6.07, 6.45) is -4.74. The van der Waals surface area contributed by atoms with Crippen molar-refractivity contribution in [3.05, 3.63) is 69.0 Å². The van der Waals surface area contributed by atoms with Gasteiger partial charge in [0.05, 0.1) is 10.5 Å². The van der Waals surface area contributed by atoms with E-state index in [0.717, 1.165) is 17.7 Å². The summed E-state index contributed by atoms with van der Waals surface area (Å²) in [6, 6.07) is 7.63. The molecule has 2 aromatic carbocycles. The van der Waals surface area contributed by atoms with Gasteiger partial charge in [0.25, 0.3) is 11.6 Å². The molecule has 0 bridgehead atoms. The van der Waals surface area contributed by atoms with Crippen LogP contribution in [0, 0.1) is 22.9 Å². The normalized spacial score (nSPS) is 15.1. The standard InChI is InChI=1S/C20H19F4N3O4/c1-13-17(21)10-15(11-18(13)27(29)30)19(28)26-8-6-25(7-9-26)12-14-2-4-16(5-3-14)31-20(22,23)24/h2-5,10-11H,6-9,12H2,1H3. The number of carbonyl (C=O) groups excluding carboxylic acids is 1. The summed E-state index contributed by atoms with van der Waals surface area (Å²) in [6.45, 7) is 3.39. The minimum atomic E-state index is -4.74. The van der Waals surface area contributed by atoms with Crippen LogP contribution in [0.25, 0.3) is 0 Å². The van der Waals surface area contributed by atoms with Gasteiger partial charge in [-0.1, -0.05) is 12.1 Å². The number of carbonyl (C=O) groups is 1. The summed E-state index contributed by atoms with van der Waals surface area (Å²) >= 11 is 0. The van der Waals surface area contributed by atoms with Crippen molar-refractivity contribution >= 4 is 11.6 Å². The summed E-state index contributed by atoms with van der Waals surface area (Å²) < 4.78 is 54.5. The first-order valence-electron chi connectivity index (χ1n) is 9.34. The minimum absolute atomic E-state index is 0.0801. The highest BCUT2D eigenvalue weighted by Gasteiger charge is 2.31. The smallest absolute Gasteiger partial charge is 0.406 e. The van der Waals surface area contributed by atoms with Gasteiger partial charge < -0.3 is 9.64 Å². The first-order valence-corrected chi connectivity index (χ1v) is 9.34. The lowest BCUT2D eigenvalue weighted by Crippen LogP contribution is -2.48. The number of halogens is 4. The third kappa shape index (κ3) is 5.69. The Morgan fingerprint density at radius 1 is 1.13 bits per heavy atom. The van der Waals surface area contributed by atoms with Gasteiger partial charge in [-0.15, -0.1) is 13.2 Å². The Bertz CT molecular complexity index is 972. The van der Waals surface area contributed by atoms with Gasteiger partial charge in [0.15, 0.2) is 0 Å². The summed E-state index contributed by atoms with van der Waals surface area (Å²) in [5.41, 5.74) is 0.131. The van der Waals surface area contributed by atoms with Crippen molar-refractivity contribution in [1.82, 2.24) is 9.80 Å². The van der Waals surface area contributed by atoms with Gasteiger partial charge in [0.2, 0.25) is 0 Å². The number of nitro groups is 1. The summed E-state index contributed by atoms with van der Waals surface area (Å²) in [5.74, 6) is -1.60. The minimum Gasteiger partial charge on any atom is -0.406 e. The molecular formula is C20H19F4N3O4. The number of ether oxygens (including phenoxy) is 1. The SMILES string of the molecule is Cc1c(F)cc(C(=O)N2CCN(Cc3ccc(OC(F)(F)F)cc3)CC2)cc1[N+](=O)[O-]. The zero-order valence-electron chi connectivity index (χ0n) is 16.5.